The van der Waals surface area contributed by atoms with Crippen LogP contribution in [-0.2, 0) is 21.4 Å². The number of methoxy groups -OCH3 is 1. The first kappa shape index (κ1) is 24.3. The maximum Gasteiger partial charge on any atom is 0.241 e. The highest BCUT2D eigenvalue weighted by molar-refractivity contribution is 7.92. The van der Waals surface area contributed by atoms with Crippen molar-refractivity contribution < 1.29 is 27.4 Å². The molecule has 0 spiro atoms. The Morgan fingerprint density at radius 3 is 2.32 bits per heavy atom. The number of amides is 1. The lowest BCUT2D eigenvalue weighted by atomic mass is 10.2. The van der Waals surface area contributed by atoms with Gasteiger partial charge in [0.05, 0.1) is 31.8 Å². The molecule has 0 heterocycles. The fourth-order valence-corrected chi connectivity index (χ4v) is 3.69. The fraction of sp³-hybridized carbons (Fsp3) is 0.409. The number of nitrogens with zero attached hydrogens (tertiary/aromatic N) is 1. The van der Waals surface area contributed by atoms with Gasteiger partial charge in [0.2, 0.25) is 15.9 Å². The van der Waals surface area contributed by atoms with Gasteiger partial charge in [0, 0.05) is 6.54 Å². The predicted molar refractivity (Wildman–Crippen MR) is 120 cm³/mol. The number of hydrogen-bond donors (Lipinski definition) is 1. The van der Waals surface area contributed by atoms with E-state index in [1.165, 1.54) is 0 Å². The Balaban J connectivity index is 2.06. The summed E-state index contributed by atoms with van der Waals surface area (Å²) in [5.41, 5.74) is 1.19. The molecule has 0 aliphatic heterocycles. The Morgan fingerprint density at radius 1 is 1.10 bits per heavy atom. The van der Waals surface area contributed by atoms with Crippen LogP contribution in [0.1, 0.15) is 26.3 Å². The van der Waals surface area contributed by atoms with E-state index in [-0.39, 0.29) is 19.2 Å². The van der Waals surface area contributed by atoms with Crippen molar-refractivity contribution in [3.8, 4) is 17.2 Å². The molecule has 170 valence electrons. The van der Waals surface area contributed by atoms with E-state index in [9.17, 15) is 13.2 Å². The normalized spacial score (nSPS) is 11.2. The lowest BCUT2D eigenvalue weighted by Gasteiger charge is -2.22. The summed E-state index contributed by atoms with van der Waals surface area (Å²) < 4.78 is 42.0. The van der Waals surface area contributed by atoms with Gasteiger partial charge in [-0.05, 0) is 62.7 Å². The van der Waals surface area contributed by atoms with Crippen molar-refractivity contribution in [2.24, 2.45) is 0 Å². The highest BCUT2D eigenvalue weighted by Crippen LogP contribution is 2.29. The number of ether oxygens (including phenoxy) is 3. The van der Waals surface area contributed by atoms with Crippen LogP contribution in [0.5, 0.6) is 17.2 Å². The minimum Gasteiger partial charge on any atom is -0.494 e. The van der Waals surface area contributed by atoms with Crippen molar-refractivity contribution in [2.45, 2.75) is 33.4 Å². The number of benzene rings is 2. The lowest BCUT2D eigenvalue weighted by molar-refractivity contribution is -0.119. The molecule has 0 aliphatic rings. The van der Waals surface area contributed by atoms with Crippen LogP contribution in [0.15, 0.2) is 42.5 Å². The SMILES string of the molecule is CCOc1ccc(N(CC(=O)NCc2ccc(OC(C)C)c(OC)c2)S(C)(=O)=O)cc1. The minimum absolute atomic E-state index is 0.00373. The highest BCUT2D eigenvalue weighted by Gasteiger charge is 2.21. The smallest absolute Gasteiger partial charge is 0.241 e. The zero-order chi connectivity index (χ0) is 23.0. The van der Waals surface area contributed by atoms with Crippen molar-refractivity contribution in [1.82, 2.24) is 5.32 Å². The first-order valence-corrected chi connectivity index (χ1v) is 11.8. The molecule has 0 aliphatic carbocycles. The van der Waals surface area contributed by atoms with Crippen molar-refractivity contribution >= 4 is 21.6 Å². The Bertz CT molecular complexity index is 974. The summed E-state index contributed by atoms with van der Waals surface area (Å²) in [6.07, 6.45) is 1.07. The number of sulfonamides is 1. The third-order valence-corrected chi connectivity index (χ3v) is 5.34. The molecule has 0 saturated heterocycles. The molecule has 1 N–H and O–H groups in total. The Morgan fingerprint density at radius 2 is 1.77 bits per heavy atom. The Labute approximate surface area is 184 Å². The van der Waals surface area contributed by atoms with Crippen molar-refractivity contribution in [2.75, 3.05) is 30.8 Å². The molecule has 0 unspecified atom stereocenters. The summed E-state index contributed by atoms with van der Waals surface area (Å²) in [5, 5.41) is 2.75. The van der Waals surface area contributed by atoms with Crippen molar-refractivity contribution in [3.05, 3.63) is 48.0 Å². The topological polar surface area (TPSA) is 94.2 Å². The van der Waals surface area contributed by atoms with Gasteiger partial charge in [-0.15, -0.1) is 0 Å². The monoisotopic (exact) mass is 450 g/mol. The van der Waals surface area contributed by atoms with Crippen LogP contribution in [0.4, 0.5) is 5.69 Å². The molecule has 9 heteroatoms. The molecule has 0 atom stereocenters. The second-order valence-corrected chi connectivity index (χ2v) is 9.03. The van der Waals surface area contributed by atoms with Gasteiger partial charge in [0.25, 0.3) is 0 Å². The van der Waals surface area contributed by atoms with E-state index in [1.54, 1.807) is 43.5 Å². The first-order chi connectivity index (χ1) is 14.6. The molecule has 0 radical (unpaired) electrons. The van der Waals surface area contributed by atoms with E-state index < -0.39 is 15.9 Å². The Kier molecular flexibility index (Phi) is 8.56. The average Bonchev–Trinajstić information content (AvgIpc) is 2.71. The summed E-state index contributed by atoms with van der Waals surface area (Å²) in [6, 6.07) is 11.9. The zero-order valence-electron chi connectivity index (χ0n) is 18.5. The van der Waals surface area contributed by atoms with Crippen LogP contribution in [-0.4, -0.2) is 46.9 Å². The van der Waals surface area contributed by atoms with Gasteiger partial charge >= 0.3 is 0 Å². The molecule has 0 aromatic heterocycles. The maximum absolute atomic E-state index is 12.5. The zero-order valence-corrected chi connectivity index (χ0v) is 19.4. The highest BCUT2D eigenvalue weighted by atomic mass is 32.2. The molecular formula is C22H30N2O6S. The van der Waals surface area contributed by atoms with E-state index in [0.717, 1.165) is 16.1 Å². The summed E-state index contributed by atoms with van der Waals surface area (Å²) >= 11 is 0. The molecule has 1 amide bonds. The van der Waals surface area contributed by atoms with Crippen LogP contribution in [0.25, 0.3) is 0 Å². The molecular weight excluding hydrogens is 420 g/mol. The number of hydrogen-bond acceptors (Lipinski definition) is 6. The van der Waals surface area contributed by atoms with E-state index in [4.69, 9.17) is 14.2 Å². The van der Waals surface area contributed by atoms with Crippen molar-refractivity contribution in [3.63, 3.8) is 0 Å². The Hall–Kier alpha value is -2.94. The van der Waals surface area contributed by atoms with Gasteiger partial charge in [-0.1, -0.05) is 6.07 Å². The van der Waals surface area contributed by atoms with Gasteiger partial charge < -0.3 is 19.5 Å². The molecule has 0 saturated carbocycles. The van der Waals surface area contributed by atoms with Crippen molar-refractivity contribution in [1.29, 1.82) is 0 Å². The minimum atomic E-state index is -3.65. The number of carbonyl (C=O) groups is 1. The van der Waals surface area contributed by atoms with Gasteiger partial charge in [-0.3, -0.25) is 9.10 Å². The maximum atomic E-state index is 12.5. The molecule has 31 heavy (non-hydrogen) atoms. The van der Waals surface area contributed by atoms with Crippen LogP contribution < -0.4 is 23.8 Å². The molecule has 2 rings (SSSR count). The van der Waals surface area contributed by atoms with E-state index >= 15 is 0 Å². The summed E-state index contributed by atoms with van der Waals surface area (Å²) in [7, 11) is -2.11. The van der Waals surface area contributed by atoms with Crippen LogP contribution in [0.3, 0.4) is 0 Å². The standard InChI is InChI=1S/C22H30N2O6S/c1-6-29-19-10-8-18(9-11-19)24(31(5,26)27)15-22(25)23-14-17-7-12-20(30-16(2)3)21(13-17)28-4/h7-13,16H,6,14-15H2,1-5H3,(H,23,25). The molecule has 0 fully saturated rings. The fourth-order valence-electron chi connectivity index (χ4n) is 2.84. The predicted octanol–water partition coefficient (Wildman–Crippen LogP) is 2.96. The lowest BCUT2D eigenvalue weighted by Crippen LogP contribution is -2.40. The second-order valence-electron chi connectivity index (χ2n) is 7.13. The third kappa shape index (κ3) is 7.36. The van der Waals surface area contributed by atoms with E-state index in [1.807, 2.05) is 26.8 Å². The number of nitrogens with one attached hydrogen (secondary N) is 1. The number of carbonyl (C=O) groups excluding carboxylic acids is 1. The van der Waals surface area contributed by atoms with E-state index in [0.29, 0.717) is 29.5 Å². The number of rotatable bonds is 11. The van der Waals surface area contributed by atoms with Crippen LogP contribution >= 0.6 is 0 Å². The van der Waals surface area contributed by atoms with Crippen LogP contribution in [0, 0.1) is 0 Å². The van der Waals surface area contributed by atoms with Gasteiger partial charge in [0.1, 0.15) is 12.3 Å². The molecule has 2 aromatic carbocycles. The molecule has 8 nitrogen and oxygen atoms in total. The van der Waals surface area contributed by atoms with Crippen LogP contribution in [0.2, 0.25) is 0 Å². The second kappa shape index (κ2) is 10.9. The van der Waals surface area contributed by atoms with Gasteiger partial charge in [-0.25, -0.2) is 8.42 Å². The first-order valence-electron chi connectivity index (χ1n) is 9.94. The summed E-state index contributed by atoms with van der Waals surface area (Å²) in [5.74, 6) is 1.38. The summed E-state index contributed by atoms with van der Waals surface area (Å²) in [4.78, 5) is 12.5. The quantitative estimate of drug-likeness (QED) is 0.566. The largest absolute Gasteiger partial charge is 0.494 e. The average molecular weight is 451 g/mol. The molecule has 2 aromatic rings. The van der Waals surface area contributed by atoms with E-state index in [2.05, 4.69) is 5.32 Å². The summed E-state index contributed by atoms with van der Waals surface area (Å²) in [6.45, 7) is 6.10. The third-order valence-electron chi connectivity index (χ3n) is 4.20. The number of anilines is 1. The molecule has 0 bridgehead atoms. The van der Waals surface area contributed by atoms with Gasteiger partial charge in [-0.2, -0.15) is 0 Å². The van der Waals surface area contributed by atoms with Gasteiger partial charge in [0.15, 0.2) is 11.5 Å².